The number of hydrogen-bond acceptors (Lipinski definition) is 8. The normalized spacial score (nSPS) is 20.4. The Morgan fingerprint density at radius 3 is 2.74 bits per heavy atom. The van der Waals surface area contributed by atoms with Gasteiger partial charge < -0.3 is 20.9 Å². The van der Waals surface area contributed by atoms with Crippen LogP contribution >= 0.6 is 0 Å². The van der Waals surface area contributed by atoms with Crippen molar-refractivity contribution in [2.75, 3.05) is 20.2 Å². The predicted molar refractivity (Wildman–Crippen MR) is 124 cm³/mol. The third kappa shape index (κ3) is 6.54. The Morgan fingerprint density at radius 1 is 1.51 bits per heavy atom. The number of allylic oxidation sites excluding steroid dienone is 1. The number of methoxy groups -OCH3 is 1. The highest BCUT2D eigenvalue weighted by atomic mass is 19.1. The molecule has 0 aliphatic carbocycles. The molecule has 0 saturated carbocycles. The molecule has 1 aliphatic heterocycles. The summed E-state index contributed by atoms with van der Waals surface area (Å²) in [6.07, 6.45) is -1.81. The summed E-state index contributed by atoms with van der Waals surface area (Å²) in [6, 6.07) is 4.38. The van der Waals surface area contributed by atoms with Crippen molar-refractivity contribution in [1.29, 1.82) is 10.7 Å². The summed E-state index contributed by atoms with van der Waals surface area (Å²) in [4.78, 5) is 24.7. The van der Waals surface area contributed by atoms with Crippen LogP contribution in [0.5, 0.6) is 5.75 Å². The number of hydrogen-bond donors (Lipinski definition) is 5. The minimum Gasteiger partial charge on any atom is -0.507 e. The van der Waals surface area contributed by atoms with Crippen molar-refractivity contribution in [2.45, 2.75) is 38.0 Å². The van der Waals surface area contributed by atoms with E-state index in [-0.39, 0.29) is 49.4 Å². The quantitative estimate of drug-likeness (QED) is 0.211. The number of aromatic hydroxyl groups is 1. The standard InChI is InChI=1S/C23H28F2N6O4/c1-13(2)15-9-17(24)14(8-18(15)32)11-31-7-5-23(4-6-26,19(25)12-31)29-10-16(21(28)33)20(27)30-22(34)35-3/h8-10,19,29,32H,1,4-5,7,11-12H2,2-3H3,(H2,28,33)(H2,27,30,34)/b16-10+. The minimum atomic E-state index is -1.63. The van der Waals surface area contributed by atoms with E-state index < -0.39 is 40.9 Å². The number of nitrogens with one attached hydrogen (secondary N) is 3. The highest BCUT2D eigenvalue weighted by molar-refractivity contribution is 6.21. The molecule has 35 heavy (non-hydrogen) atoms. The maximum absolute atomic E-state index is 15.4. The molecule has 1 aromatic rings. The van der Waals surface area contributed by atoms with Crippen molar-refractivity contribution >= 4 is 23.4 Å². The first-order valence-electron chi connectivity index (χ1n) is 10.6. The van der Waals surface area contributed by atoms with Crippen molar-refractivity contribution in [3.05, 3.63) is 47.4 Å². The second-order valence-corrected chi connectivity index (χ2v) is 8.24. The van der Waals surface area contributed by atoms with E-state index in [1.54, 1.807) is 11.8 Å². The zero-order valence-corrected chi connectivity index (χ0v) is 19.5. The summed E-state index contributed by atoms with van der Waals surface area (Å²) < 4.78 is 34.3. The molecule has 1 saturated heterocycles. The Labute approximate surface area is 201 Å². The van der Waals surface area contributed by atoms with E-state index in [1.807, 2.05) is 11.4 Å². The molecule has 1 fully saturated rings. The lowest BCUT2D eigenvalue weighted by Crippen LogP contribution is -2.60. The number of rotatable bonds is 8. The van der Waals surface area contributed by atoms with Crippen molar-refractivity contribution in [2.24, 2.45) is 5.73 Å². The third-order valence-electron chi connectivity index (χ3n) is 5.76. The number of amidine groups is 1. The molecule has 1 aromatic carbocycles. The molecule has 1 heterocycles. The molecular formula is C23H28F2N6O4. The molecule has 0 bridgehead atoms. The Balaban J connectivity index is 2.20. The van der Waals surface area contributed by atoms with E-state index in [4.69, 9.17) is 11.1 Å². The fraction of sp³-hybridized carbons (Fsp3) is 0.391. The molecule has 2 rings (SSSR count). The second kappa shape index (κ2) is 11.4. The number of carbonyl (C=O) groups excluding carboxylic acids is 2. The Morgan fingerprint density at radius 2 is 2.20 bits per heavy atom. The van der Waals surface area contributed by atoms with Crippen LogP contribution < -0.4 is 16.4 Å². The summed E-state index contributed by atoms with van der Waals surface area (Å²) in [7, 11) is 1.07. The number of piperidine rings is 1. The van der Waals surface area contributed by atoms with Crippen molar-refractivity contribution in [3.8, 4) is 11.8 Å². The molecule has 1 aliphatic rings. The SMILES string of the molecule is C=C(C)c1cc(F)c(CN2CCC(CC#N)(N/C=C(\C(=N)NC(=O)OC)C(N)=O)C(F)C2)cc1O. The van der Waals surface area contributed by atoms with Crippen LogP contribution in [0, 0.1) is 22.6 Å². The first-order valence-corrected chi connectivity index (χ1v) is 10.6. The first kappa shape index (κ1) is 27.3. The number of alkyl carbamates (subject to hydrolysis) is 1. The van der Waals surface area contributed by atoms with Crippen LogP contribution in [-0.4, -0.2) is 59.8 Å². The number of halogens is 2. The summed E-state index contributed by atoms with van der Waals surface area (Å²) in [6.45, 7) is 5.44. The van der Waals surface area contributed by atoms with Gasteiger partial charge in [0, 0.05) is 37.0 Å². The van der Waals surface area contributed by atoms with Crippen LogP contribution in [0.15, 0.2) is 30.5 Å². The van der Waals surface area contributed by atoms with Crippen molar-refractivity contribution in [3.63, 3.8) is 0 Å². The number of phenolic OH excluding ortho intramolecular Hbond substituents is 1. The number of amides is 2. The highest BCUT2D eigenvalue weighted by Crippen LogP contribution is 2.32. The zero-order valence-electron chi connectivity index (χ0n) is 19.5. The number of alkyl halides is 1. The van der Waals surface area contributed by atoms with Gasteiger partial charge in [0.2, 0.25) is 0 Å². The summed E-state index contributed by atoms with van der Waals surface area (Å²) >= 11 is 0. The van der Waals surface area contributed by atoms with Gasteiger partial charge in [-0.2, -0.15) is 5.26 Å². The number of nitriles is 1. The van der Waals surface area contributed by atoms with Gasteiger partial charge in [-0.25, -0.2) is 13.6 Å². The van der Waals surface area contributed by atoms with Gasteiger partial charge in [0.25, 0.3) is 5.91 Å². The molecule has 2 atom stereocenters. The van der Waals surface area contributed by atoms with Crippen molar-refractivity contribution < 1.29 is 28.2 Å². The first-order chi connectivity index (χ1) is 16.4. The molecule has 0 spiro atoms. The highest BCUT2D eigenvalue weighted by Gasteiger charge is 2.43. The topological polar surface area (TPSA) is 165 Å². The summed E-state index contributed by atoms with van der Waals surface area (Å²) in [5.74, 6) is -2.41. The molecule has 0 aromatic heterocycles. The van der Waals surface area contributed by atoms with Crippen LogP contribution in [-0.2, 0) is 16.1 Å². The average molecular weight is 491 g/mol. The number of nitrogens with two attached hydrogens (primary N) is 1. The van der Waals surface area contributed by atoms with Gasteiger partial charge in [-0.15, -0.1) is 0 Å². The molecule has 12 heteroatoms. The predicted octanol–water partition coefficient (Wildman–Crippen LogP) is 2.05. The van der Waals surface area contributed by atoms with E-state index in [1.165, 1.54) is 12.1 Å². The summed E-state index contributed by atoms with van der Waals surface area (Å²) in [5.41, 5.74) is 4.38. The lowest BCUT2D eigenvalue weighted by molar-refractivity contribution is -0.114. The molecule has 0 radical (unpaired) electrons. The number of likely N-dealkylation sites (tertiary alicyclic amines) is 1. The average Bonchev–Trinajstić information content (AvgIpc) is 2.78. The molecule has 2 unspecified atom stereocenters. The Hall–Kier alpha value is -3.98. The van der Waals surface area contributed by atoms with E-state index in [0.717, 1.165) is 13.3 Å². The minimum absolute atomic E-state index is 0.0228. The number of benzene rings is 1. The smallest absolute Gasteiger partial charge is 0.412 e. The van der Waals surface area contributed by atoms with Gasteiger partial charge in [-0.05, 0) is 31.1 Å². The van der Waals surface area contributed by atoms with Gasteiger partial charge in [-0.1, -0.05) is 6.58 Å². The van der Waals surface area contributed by atoms with Crippen LogP contribution in [0.3, 0.4) is 0 Å². The molecule has 188 valence electrons. The van der Waals surface area contributed by atoms with Gasteiger partial charge in [0.1, 0.15) is 23.6 Å². The molecule has 2 amide bonds. The van der Waals surface area contributed by atoms with E-state index in [2.05, 4.69) is 16.6 Å². The van der Waals surface area contributed by atoms with Crippen LogP contribution in [0.4, 0.5) is 13.6 Å². The van der Waals surface area contributed by atoms with Crippen LogP contribution in [0.1, 0.15) is 30.9 Å². The Kier molecular flexibility index (Phi) is 8.91. The monoisotopic (exact) mass is 490 g/mol. The van der Waals surface area contributed by atoms with E-state index >= 15 is 4.39 Å². The van der Waals surface area contributed by atoms with Crippen LogP contribution in [0.2, 0.25) is 0 Å². The largest absolute Gasteiger partial charge is 0.507 e. The number of primary amides is 1. The maximum atomic E-state index is 15.4. The van der Waals surface area contributed by atoms with E-state index in [9.17, 15) is 24.3 Å². The lowest BCUT2D eigenvalue weighted by Gasteiger charge is -2.43. The number of nitrogens with zero attached hydrogens (tertiary/aromatic N) is 2. The van der Waals surface area contributed by atoms with Gasteiger partial charge >= 0.3 is 6.09 Å². The number of phenols is 1. The number of ether oxygens (including phenoxy) is 1. The van der Waals surface area contributed by atoms with Gasteiger partial charge in [0.15, 0.2) is 0 Å². The van der Waals surface area contributed by atoms with Crippen LogP contribution in [0.25, 0.3) is 5.57 Å². The second-order valence-electron chi connectivity index (χ2n) is 8.24. The zero-order chi connectivity index (χ0) is 26.3. The molecular weight excluding hydrogens is 462 g/mol. The number of carbonyl (C=O) groups is 2. The van der Waals surface area contributed by atoms with Gasteiger partial charge in [-0.3, -0.25) is 20.4 Å². The summed E-state index contributed by atoms with van der Waals surface area (Å²) in [5, 5.41) is 32.0. The van der Waals surface area contributed by atoms with Crippen molar-refractivity contribution in [1.82, 2.24) is 15.5 Å². The fourth-order valence-electron chi connectivity index (χ4n) is 3.72. The molecule has 10 nitrogen and oxygen atoms in total. The Bertz CT molecular complexity index is 1100. The maximum Gasteiger partial charge on any atom is 0.412 e. The third-order valence-corrected chi connectivity index (χ3v) is 5.76. The molecule has 6 N–H and O–H groups in total. The van der Waals surface area contributed by atoms with E-state index in [0.29, 0.717) is 5.57 Å². The fourth-order valence-corrected chi connectivity index (χ4v) is 3.72. The lowest BCUT2D eigenvalue weighted by atomic mass is 9.83. The van der Waals surface area contributed by atoms with Gasteiger partial charge in [0.05, 0.1) is 30.7 Å².